The van der Waals surface area contributed by atoms with Crippen LogP contribution in [0.5, 0.6) is 0 Å². The van der Waals surface area contributed by atoms with E-state index in [9.17, 15) is 17.6 Å². The maximum absolute atomic E-state index is 12.9. The van der Waals surface area contributed by atoms with Gasteiger partial charge in [-0.3, -0.25) is 4.79 Å². The van der Waals surface area contributed by atoms with Crippen LogP contribution in [0.2, 0.25) is 5.02 Å². The van der Waals surface area contributed by atoms with E-state index < -0.39 is 33.3 Å². The largest absolute Gasteiger partial charge is 0.481 e. The van der Waals surface area contributed by atoms with Gasteiger partial charge in [0.2, 0.25) is 0 Å². The van der Waals surface area contributed by atoms with Gasteiger partial charge in [-0.25, -0.2) is 12.8 Å². The first kappa shape index (κ1) is 14.9. The molecule has 0 aliphatic rings. The number of benzene rings is 1. The predicted octanol–water partition coefficient (Wildman–Crippen LogP) is 2.26. The minimum Gasteiger partial charge on any atom is -0.481 e. The Labute approximate surface area is 109 Å². The number of aliphatic carboxylic acids is 1. The molecule has 18 heavy (non-hydrogen) atoms. The van der Waals surface area contributed by atoms with Gasteiger partial charge in [-0.05, 0) is 24.6 Å². The maximum atomic E-state index is 12.9. The lowest BCUT2D eigenvalue weighted by Gasteiger charge is -2.11. The lowest BCUT2D eigenvalue weighted by Crippen LogP contribution is -2.22. The predicted molar refractivity (Wildman–Crippen MR) is 65.7 cm³/mol. The average Bonchev–Trinajstić information content (AvgIpc) is 2.22. The summed E-state index contributed by atoms with van der Waals surface area (Å²) in [4.78, 5) is 10.5. The number of carboxylic acids is 1. The maximum Gasteiger partial charge on any atom is 0.304 e. The number of halogens is 2. The van der Waals surface area contributed by atoms with E-state index in [1.807, 2.05) is 0 Å². The van der Waals surface area contributed by atoms with E-state index in [2.05, 4.69) is 0 Å². The molecular weight excluding hydrogens is 283 g/mol. The molecule has 4 nitrogen and oxygen atoms in total. The zero-order valence-corrected chi connectivity index (χ0v) is 11.1. The van der Waals surface area contributed by atoms with Gasteiger partial charge in [-0.2, -0.15) is 0 Å². The highest BCUT2D eigenvalue weighted by Gasteiger charge is 2.24. The summed E-state index contributed by atoms with van der Waals surface area (Å²) in [5.74, 6) is -2.17. The van der Waals surface area contributed by atoms with Crippen molar-refractivity contribution in [1.29, 1.82) is 0 Å². The van der Waals surface area contributed by atoms with E-state index in [-0.39, 0.29) is 10.8 Å². The van der Waals surface area contributed by atoms with Gasteiger partial charge in [-0.1, -0.05) is 17.7 Å². The molecule has 0 aliphatic heterocycles. The van der Waals surface area contributed by atoms with Crippen LogP contribution in [0.1, 0.15) is 18.9 Å². The van der Waals surface area contributed by atoms with E-state index in [0.29, 0.717) is 5.56 Å². The van der Waals surface area contributed by atoms with Crippen molar-refractivity contribution in [2.45, 2.75) is 24.3 Å². The smallest absolute Gasteiger partial charge is 0.304 e. The first-order valence-electron chi connectivity index (χ1n) is 5.09. The van der Waals surface area contributed by atoms with Crippen LogP contribution in [0.25, 0.3) is 0 Å². The molecule has 0 radical (unpaired) electrons. The van der Waals surface area contributed by atoms with Crippen LogP contribution in [0.3, 0.4) is 0 Å². The highest BCUT2D eigenvalue weighted by Crippen LogP contribution is 2.19. The zero-order valence-electron chi connectivity index (χ0n) is 9.56. The minimum atomic E-state index is -3.60. The van der Waals surface area contributed by atoms with Crippen molar-refractivity contribution in [3.05, 3.63) is 34.6 Å². The Kier molecular flexibility index (Phi) is 4.70. The molecule has 1 N–H and O–H groups in total. The van der Waals surface area contributed by atoms with Gasteiger partial charge in [0.05, 0.1) is 22.4 Å². The fourth-order valence-corrected chi connectivity index (χ4v) is 2.91. The average molecular weight is 295 g/mol. The van der Waals surface area contributed by atoms with Crippen molar-refractivity contribution >= 4 is 27.4 Å². The molecule has 0 saturated carbocycles. The Morgan fingerprint density at radius 1 is 1.50 bits per heavy atom. The van der Waals surface area contributed by atoms with Gasteiger partial charge in [0.15, 0.2) is 9.84 Å². The van der Waals surface area contributed by atoms with Crippen LogP contribution in [-0.2, 0) is 20.4 Å². The van der Waals surface area contributed by atoms with E-state index in [1.54, 1.807) is 0 Å². The number of hydrogen-bond donors (Lipinski definition) is 1. The summed E-state index contributed by atoms with van der Waals surface area (Å²) in [5, 5.41) is 7.40. The summed E-state index contributed by atoms with van der Waals surface area (Å²) in [7, 11) is -3.60. The molecule has 7 heteroatoms. The fraction of sp³-hybridized carbons (Fsp3) is 0.364. The topological polar surface area (TPSA) is 71.4 Å². The first-order valence-corrected chi connectivity index (χ1v) is 7.19. The summed E-state index contributed by atoms with van der Waals surface area (Å²) in [5.41, 5.74) is 0.332. The normalized spacial score (nSPS) is 13.3. The molecule has 0 aliphatic carbocycles. The number of sulfone groups is 1. The molecule has 1 aromatic rings. The molecule has 1 unspecified atom stereocenters. The van der Waals surface area contributed by atoms with Crippen LogP contribution in [0.4, 0.5) is 4.39 Å². The molecule has 0 spiro atoms. The van der Waals surface area contributed by atoms with Gasteiger partial charge in [0, 0.05) is 0 Å². The molecule has 0 heterocycles. The molecule has 1 aromatic carbocycles. The summed E-state index contributed by atoms with van der Waals surface area (Å²) >= 11 is 5.54. The van der Waals surface area contributed by atoms with Gasteiger partial charge in [-0.15, -0.1) is 0 Å². The van der Waals surface area contributed by atoms with Gasteiger partial charge < -0.3 is 5.11 Å². The van der Waals surface area contributed by atoms with Crippen LogP contribution in [0.15, 0.2) is 18.2 Å². The SMILES string of the molecule is CC(CC(=O)O)S(=O)(=O)Cc1ccc(F)c(Cl)c1. The second-order valence-corrected chi connectivity index (χ2v) is 6.79. The monoisotopic (exact) mass is 294 g/mol. The van der Waals surface area contributed by atoms with E-state index in [1.165, 1.54) is 19.1 Å². The highest BCUT2D eigenvalue weighted by molar-refractivity contribution is 7.91. The molecule has 0 saturated heterocycles. The molecule has 1 rings (SSSR count). The van der Waals surface area contributed by atoms with E-state index >= 15 is 0 Å². The number of carboxylic acid groups (broad SMARTS) is 1. The number of rotatable bonds is 5. The Morgan fingerprint density at radius 3 is 2.61 bits per heavy atom. The summed E-state index contributed by atoms with van der Waals surface area (Å²) in [6.45, 7) is 1.33. The van der Waals surface area contributed by atoms with E-state index in [0.717, 1.165) is 6.07 Å². The third kappa shape index (κ3) is 3.96. The molecular formula is C11H12ClFO4S. The van der Waals surface area contributed by atoms with Gasteiger partial charge >= 0.3 is 5.97 Å². The van der Waals surface area contributed by atoms with Crippen molar-refractivity contribution in [3.8, 4) is 0 Å². The third-order valence-corrected chi connectivity index (χ3v) is 4.85. The van der Waals surface area contributed by atoms with Crippen LogP contribution < -0.4 is 0 Å². The second kappa shape index (κ2) is 5.67. The van der Waals surface area contributed by atoms with Crippen LogP contribution in [0, 0.1) is 5.82 Å². The Bertz CT molecular complexity index is 556. The fourth-order valence-electron chi connectivity index (χ4n) is 1.38. The van der Waals surface area contributed by atoms with Crippen LogP contribution in [-0.4, -0.2) is 24.7 Å². The Balaban J connectivity index is 2.88. The highest BCUT2D eigenvalue weighted by atomic mass is 35.5. The molecule has 100 valence electrons. The first-order chi connectivity index (χ1) is 8.22. The van der Waals surface area contributed by atoms with Gasteiger partial charge in [0.1, 0.15) is 5.82 Å². The Morgan fingerprint density at radius 2 is 2.11 bits per heavy atom. The van der Waals surface area contributed by atoms with Crippen molar-refractivity contribution in [3.63, 3.8) is 0 Å². The molecule has 0 amide bonds. The van der Waals surface area contributed by atoms with E-state index in [4.69, 9.17) is 16.7 Å². The number of hydrogen-bond acceptors (Lipinski definition) is 3. The van der Waals surface area contributed by atoms with Crippen molar-refractivity contribution in [2.24, 2.45) is 0 Å². The lowest BCUT2D eigenvalue weighted by atomic mass is 10.2. The quantitative estimate of drug-likeness (QED) is 0.904. The number of carbonyl (C=O) groups is 1. The molecule has 0 bridgehead atoms. The second-order valence-electron chi connectivity index (χ2n) is 3.96. The molecule has 0 aromatic heterocycles. The summed E-state index contributed by atoms with van der Waals surface area (Å²) in [6, 6.07) is 3.61. The molecule has 0 fully saturated rings. The van der Waals surface area contributed by atoms with Crippen LogP contribution >= 0.6 is 11.6 Å². The lowest BCUT2D eigenvalue weighted by molar-refractivity contribution is -0.136. The summed E-state index contributed by atoms with van der Waals surface area (Å²) < 4.78 is 36.6. The van der Waals surface area contributed by atoms with Crippen molar-refractivity contribution in [2.75, 3.05) is 0 Å². The zero-order chi connectivity index (χ0) is 13.9. The summed E-state index contributed by atoms with van der Waals surface area (Å²) in [6.07, 6.45) is -0.461. The van der Waals surface area contributed by atoms with Crippen molar-refractivity contribution in [1.82, 2.24) is 0 Å². The van der Waals surface area contributed by atoms with Crippen molar-refractivity contribution < 1.29 is 22.7 Å². The third-order valence-electron chi connectivity index (χ3n) is 2.43. The Hall–Kier alpha value is -1.14. The van der Waals surface area contributed by atoms with Gasteiger partial charge in [0.25, 0.3) is 0 Å². The minimum absolute atomic E-state index is 0.159. The standard InChI is InChI=1S/C11H12ClFO4S/c1-7(4-11(14)15)18(16,17)6-8-2-3-10(13)9(12)5-8/h2-3,5,7H,4,6H2,1H3,(H,14,15). The molecule has 1 atom stereocenters.